The molecular weight excluding hydrogens is 180 g/mol. The van der Waals surface area contributed by atoms with Gasteiger partial charge in [0, 0.05) is 6.42 Å². The molecule has 2 nitrogen and oxygen atoms in total. The molecule has 0 rings (SSSR count). The van der Waals surface area contributed by atoms with E-state index in [0.717, 1.165) is 12.8 Å². The Morgan fingerprint density at radius 1 is 1.62 bits per heavy atom. The van der Waals surface area contributed by atoms with Crippen molar-refractivity contribution in [3.63, 3.8) is 0 Å². The van der Waals surface area contributed by atoms with Crippen molar-refractivity contribution in [3.8, 4) is 0 Å². The number of aliphatic carboxylic acids is 1. The van der Waals surface area contributed by atoms with Crippen LogP contribution < -0.4 is 0 Å². The van der Waals surface area contributed by atoms with Gasteiger partial charge in [-0.1, -0.05) is 13.3 Å². The van der Waals surface area contributed by atoms with Gasteiger partial charge in [0.15, 0.2) is 0 Å². The molecule has 0 amide bonds. The fourth-order valence-corrected chi connectivity index (χ4v) is 0.328. The molecular formula is C5H12O2Sr. The van der Waals surface area contributed by atoms with Crippen molar-refractivity contribution in [2.75, 3.05) is 0 Å². The fourth-order valence-electron chi connectivity index (χ4n) is 0.328. The van der Waals surface area contributed by atoms with E-state index in [-0.39, 0.29) is 45.5 Å². The van der Waals surface area contributed by atoms with E-state index in [1.165, 1.54) is 0 Å². The average Bonchev–Trinajstić information content (AvgIpc) is 1.61. The van der Waals surface area contributed by atoms with Crippen molar-refractivity contribution >= 4 is 51.5 Å². The fraction of sp³-hybridized carbons (Fsp3) is 0.800. The van der Waals surface area contributed by atoms with Gasteiger partial charge >= 0.3 is 51.5 Å². The van der Waals surface area contributed by atoms with Crippen LogP contribution in [0, 0.1) is 0 Å². The standard InChI is InChI=1S/C5H10O2.Sr.2H/c1-2-3-4-5(6)7;;;/h2-4H2,1H3,(H,6,7);;;. The van der Waals surface area contributed by atoms with E-state index in [1.807, 2.05) is 6.92 Å². The zero-order chi connectivity index (χ0) is 5.70. The maximum atomic E-state index is 9.76. The SMILES string of the molecule is CCCCC(=O)O.[SrH2]. The van der Waals surface area contributed by atoms with Crippen LogP contribution in [0.4, 0.5) is 0 Å². The van der Waals surface area contributed by atoms with Crippen molar-refractivity contribution in [2.24, 2.45) is 0 Å². The summed E-state index contributed by atoms with van der Waals surface area (Å²) in [5.74, 6) is -0.693. The van der Waals surface area contributed by atoms with Gasteiger partial charge in [-0.05, 0) is 6.42 Å². The van der Waals surface area contributed by atoms with Gasteiger partial charge < -0.3 is 5.11 Å². The topological polar surface area (TPSA) is 37.3 Å². The first-order valence-electron chi connectivity index (χ1n) is 2.49. The number of unbranched alkanes of at least 4 members (excludes halogenated alkanes) is 1. The van der Waals surface area contributed by atoms with E-state index >= 15 is 0 Å². The number of carbonyl (C=O) groups is 1. The number of carboxylic acid groups (broad SMARTS) is 1. The minimum absolute atomic E-state index is 0. The molecule has 0 saturated carbocycles. The third-order valence-electron chi connectivity index (χ3n) is 0.744. The third-order valence-corrected chi connectivity index (χ3v) is 0.744. The third kappa shape index (κ3) is 10.0. The second kappa shape index (κ2) is 7.95. The second-order valence-electron chi connectivity index (χ2n) is 1.50. The molecule has 0 unspecified atom stereocenters. The molecule has 0 aromatic rings. The monoisotopic (exact) mass is 192 g/mol. The van der Waals surface area contributed by atoms with Crippen molar-refractivity contribution < 1.29 is 9.90 Å². The Kier molecular flexibility index (Phi) is 11.6. The summed E-state index contributed by atoms with van der Waals surface area (Å²) in [7, 11) is 0. The average molecular weight is 192 g/mol. The number of hydrogen-bond acceptors (Lipinski definition) is 1. The Bertz CT molecular complexity index is 63.4. The van der Waals surface area contributed by atoms with Gasteiger partial charge in [-0.2, -0.15) is 0 Å². The van der Waals surface area contributed by atoms with Crippen molar-refractivity contribution in [2.45, 2.75) is 26.2 Å². The minimum atomic E-state index is -0.693. The molecule has 0 radical (unpaired) electrons. The summed E-state index contributed by atoms with van der Waals surface area (Å²) in [6.45, 7) is 1.98. The van der Waals surface area contributed by atoms with Crippen LogP contribution in [-0.4, -0.2) is 56.6 Å². The second-order valence-corrected chi connectivity index (χ2v) is 1.50. The Hall–Kier alpha value is 0.951. The Labute approximate surface area is 86.5 Å². The summed E-state index contributed by atoms with van der Waals surface area (Å²) in [6.07, 6.45) is 2.08. The molecule has 0 aliphatic rings. The van der Waals surface area contributed by atoms with Gasteiger partial charge in [0.25, 0.3) is 0 Å². The van der Waals surface area contributed by atoms with Gasteiger partial charge in [-0.3, -0.25) is 4.79 Å². The first-order chi connectivity index (χ1) is 3.27. The van der Waals surface area contributed by atoms with Gasteiger partial charge in [0.2, 0.25) is 0 Å². The molecule has 0 aromatic heterocycles. The van der Waals surface area contributed by atoms with E-state index in [4.69, 9.17) is 5.11 Å². The van der Waals surface area contributed by atoms with Crippen LogP contribution in [0.2, 0.25) is 0 Å². The maximum absolute atomic E-state index is 9.76. The van der Waals surface area contributed by atoms with Crippen LogP contribution in [0.25, 0.3) is 0 Å². The molecule has 0 aliphatic heterocycles. The Morgan fingerprint density at radius 3 is 2.25 bits per heavy atom. The quantitative estimate of drug-likeness (QED) is 0.654. The van der Waals surface area contributed by atoms with Gasteiger partial charge in [-0.15, -0.1) is 0 Å². The summed E-state index contributed by atoms with van der Waals surface area (Å²) < 4.78 is 0. The first-order valence-corrected chi connectivity index (χ1v) is 2.49. The first kappa shape index (κ1) is 11.7. The van der Waals surface area contributed by atoms with Crippen molar-refractivity contribution in [1.29, 1.82) is 0 Å². The molecule has 0 atom stereocenters. The summed E-state index contributed by atoms with van der Waals surface area (Å²) in [4.78, 5) is 9.76. The van der Waals surface area contributed by atoms with Gasteiger partial charge in [0.05, 0.1) is 0 Å². The summed E-state index contributed by atoms with van der Waals surface area (Å²) in [6, 6.07) is 0. The molecule has 0 aromatic carbocycles. The van der Waals surface area contributed by atoms with E-state index in [9.17, 15) is 4.79 Å². The van der Waals surface area contributed by atoms with E-state index in [1.54, 1.807) is 0 Å². The molecule has 0 heterocycles. The summed E-state index contributed by atoms with van der Waals surface area (Å²) >= 11 is 0. The normalized spacial score (nSPS) is 7.62. The molecule has 46 valence electrons. The van der Waals surface area contributed by atoms with Crippen molar-refractivity contribution in [3.05, 3.63) is 0 Å². The molecule has 1 N–H and O–H groups in total. The van der Waals surface area contributed by atoms with E-state index in [2.05, 4.69) is 0 Å². The van der Waals surface area contributed by atoms with Gasteiger partial charge in [0.1, 0.15) is 0 Å². The van der Waals surface area contributed by atoms with E-state index < -0.39 is 5.97 Å². The summed E-state index contributed by atoms with van der Waals surface area (Å²) in [5.41, 5.74) is 0. The number of carboxylic acids is 1. The zero-order valence-electron chi connectivity index (χ0n) is 4.48. The molecule has 0 bridgehead atoms. The molecule has 0 fully saturated rings. The zero-order valence-corrected chi connectivity index (χ0v) is 4.48. The molecule has 0 spiro atoms. The molecule has 3 heteroatoms. The van der Waals surface area contributed by atoms with Crippen LogP contribution in [-0.2, 0) is 4.79 Å². The van der Waals surface area contributed by atoms with Gasteiger partial charge in [-0.25, -0.2) is 0 Å². The molecule has 0 aliphatic carbocycles. The van der Waals surface area contributed by atoms with Crippen LogP contribution in [0.15, 0.2) is 0 Å². The Morgan fingerprint density at radius 2 is 2.12 bits per heavy atom. The molecule has 0 saturated heterocycles. The van der Waals surface area contributed by atoms with Crippen LogP contribution >= 0.6 is 0 Å². The number of rotatable bonds is 3. The van der Waals surface area contributed by atoms with Crippen LogP contribution in [0.3, 0.4) is 0 Å². The van der Waals surface area contributed by atoms with E-state index in [0.29, 0.717) is 6.42 Å². The predicted molar refractivity (Wildman–Crippen MR) is 35.7 cm³/mol. The van der Waals surface area contributed by atoms with Crippen molar-refractivity contribution in [1.82, 2.24) is 0 Å². The number of hydrogen-bond donors (Lipinski definition) is 1. The Balaban J connectivity index is 0. The molecule has 8 heavy (non-hydrogen) atoms. The van der Waals surface area contributed by atoms with Crippen LogP contribution in [0.1, 0.15) is 26.2 Å². The van der Waals surface area contributed by atoms with Crippen LogP contribution in [0.5, 0.6) is 0 Å². The summed E-state index contributed by atoms with van der Waals surface area (Å²) in [5, 5.41) is 8.04. The predicted octanol–water partition coefficient (Wildman–Crippen LogP) is 0.345.